The van der Waals surface area contributed by atoms with Crippen molar-refractivity contribution in [2.45, 2.75) is 64.6 Å². The number of amides is 2. The van der Waals surface area contributed by atoms with Crippen LogP contribution in [0.3, 0.4) is 0 Å². The van der Waals surface area contributed by atoms with Gasteiger partial charge in [0.2, 0.25) is 5.91 Å². The summed E-state index contributed by atoms with van der Waals surface area (Å²) in [5.41, 5.74) is 1.64. The van der Waals surface area contributed by atoms with Gasteiger partial charge in [0.05, 0.1) is 20.8 Å². The third kappa shape index (κ3) is 5.61. The number of rotatable bonds is 9. The highest BCUT2D eigenvalue weighted by molar-refractivity contribution is 5.96. The minimum Gasteiger partial charge on any atom is -0.497 e. The van der Waals surface area contributed by atoms with Crippen molar-refractivity contribution in [2.24, 2.45) is 5.92 Å². The van der Waals surface area contributed by atoms with Crippen molar-refractivity contribution in [3.63, 3.8) is 0 Å². The van der Waals surface area contributed by atoms with E-state index >= 15 is 0 Å². The van der Waals surface area contributed by atoms with Gasteiger partial charge in [-0.25, -0.2) is 0 Å². The normalized spacial score (nSPS) is 22.5. The summed E-state index contributed by atoms with van der Waals surface area (Å²) < 4.78 is 16.8. The minimum absolute atomic E-state index is 0.0265. The number of piperazine rings is 1. The van der Waals surface area contributed by atoms with Crippen molar-refractivity contribution in [3.8, 4) is 17.2 Å². The summed E-state index contributed by atoms with van der Waals surface area (Å²) >= 11 is 0. The molecule has 7 heteroatoms. The van der Waals surface area contributed by atoms with Crippen LogP contribution in [-0.2, 0) is 16.1 Å². The van der Waals surface area contributed by atoms with Gasteiger partial charge in [0.1, 0.15) is 18.3 Å². The molecule has 1 aliphatic heterocycles. The summed E-state index contributed by atoms with van der Waals surface area (Å²) in [5, 5.41) is 0. The zero-order valence-corrected chi connectivity index (χ0v) is 21.9. The predicted molar refractivity (Wildman–Crippen MR) is 138 cm³/mol. The Balaban J connectivity index is 1.69. The topological polar surface area (TPSA) is 68.3 Å². The number of methoxy groups -OCH3 is 2. The van der Waals surface area contributed by atoms with Crippen LogP contribution in [0.4, 0.5) is 0 Å². The van der Waals surface area contributed by atoms with E-state index in [1.165, 1.54) is 0 Å². The lowest BCUT2D eigenvalue weighted by Gasteiger charge is -2.45. The second-order valence-corrected chi connectivity index (χ2v) is 9.91. The molecular weight excluding hydrogens is 456 g/mol. The highest BCUT2D eigenvalue weighted by Gasteiger charge is 2.43. The summed E-state index contributed by atoms with van der Waals surface area (Å²) in [6.07, 6.45) is 4.92. The lowest BCUT2D eigenvalue weighted by atomic mass is 9.85. The van der Waals surface area contributed by atoms with Crippen LogP contribution in [0.25, 0.3) is 0 Å². The molecule has 1 atom stereocenters. The number of benzene rings is 2. The fourth-order valence-electron chi connectivity index (χ4n) is 5.27. The van der Waals surface area contributed by atoms with Crippen LogP contribution in [0.2, 0.25) is 0 Å². The van der Waals surface area contributed by atoms with E-state index in [9.17, 15) is 9.59 Å². The number of nitrogens with zero attached hydrogens (tertiary/aromatic N) is 2. The Hall–Kier alpha value is -3.22. The third-order valence-corrected chi connectivity index (χ3v) is 7.33. The van der Waals surface area contributed by atoms with Gasteiger partial charge in [0, 0.05) is 12.6 Å². The van der Waals surface area contributed by atoms with Crippen LogP contribution in [0.15, 0.2) is 42.5 Å². The molecule has 1 saturated carbocycles. The molecule has 1 saturated heterocycles. The molecule has 36 heavy (non-hydrogen) atoms. The highest BCUT2D eigenvalue weighted by Crippen LogP contribution is 2.38. The first-order valence-electron chi connectivity index (χ1n) is 13.0. The van der Waals surface area contributed by atoms with Gasteiger partial charge < -0.3 is 24.0 Å². The first-order valence-corrected chi connectivity index (χ1v) is 13.0. The smallest absolute Gasteiger partial charge is 0.250 e. The highest BCUT2D eigenvalue weighted by atomic mass is 16.5. The molecule has 0 N–H and O–H groups in total. The molecule has 0 aromatic heterocycles. The lowest BCUT2D eigenvalue weighted by molar-refractivity contribution is -0.160. The van der Waals surface area contributed by atoms with Crippen LogP contribution in [0.5, 0.6) is 17.2 Å². The van der Waals surface area contributed by atoms with E-state index in [0.717, 1.165) is 49.0 Å². The fourth-order valence-corrected chi connectivity index (χ4v) is 5.27. The van der Waals surface area contributed by atoms with Crippen LogP contribution >= 0.6 is 0 Å². The second-order valence-electron chi connectivity index (χ2n) is 9.91. The van der Waals surface area contributed by atoms with Gasteiger partial charge >= 0.3 is 0 Å². The van der Waals surface area contributed by atoms with Gasteiger partial charge in [0.25, 0.3) is 5.91 Å². The van der Waals surface area contributed by atoms with E-state index in [0.29, 0.717) is 30.6 Å². The molecular formula is C29H38N2O5. The van der Waals surface area contributed by atoms with Crippen molar-refractivity contribution < 1.29 is 23.8 Å². The Morgan fingerprint density at radius 2 is 1.72 bits per heavy atom. The summed E-state index contributed by atoms with van der Waals surface area (Å²) in [7, 11) is 3.21. The van der Waals surface area contributed by atoms with Gasteiger partial charge in [-0.1, -0.05) is 32.0 Å². The summed E-state index contributed by atoms with van der Waals surface area (Å²) in [6, 6.07) is 12.6. The summed E-state index contributed by atoms with van der Waals surface area (Å²) in [6.45, 7) is 5.31. The molecule has 0 spiro atoms. The van der Waals surface area contributed by atoms with Crippen LogP contribution in [0, 0.1) is 5.92 Å². The molecule has 2 aromatic rings. The average Bonchev–Trinajstić information content (AvgIpc) is 2.90. The van der Waals surface area contributed by atoms with Gasteiger partial charge in [-0.2, -0.15) is 0 Å². The summed E-state index contributed by atoms with van der Waals surface area (Å²) in [4.78, 5) is 31.2. The van der Waals surface area contributed by atoms with Crippen molar-refractivity contribution in [2.75, 3.05) is 27.4 Å². The van der Waals surface area contributed by atoms with Gasteiger partial charge in [-0.05, 0) is 73.4 Å². The molecule has 2 amide bonds. The quantitative estimate of drug-likeness (QED) is 0.492. The van der Waals surface area contributed by atoms with Crippen molar-refractivity contribution in [3.05, 3.63) is 53.6 Å². The Morgan fingerprint density at radius 3 is 2.42 bits per heavy atom. The SMILES string of the molecule is CCCOc1ccc([C@H]2C(=O)N(C3CCC(C)CC3)CC(=O)N2Cc2cccc(OC)c2)cc1OC. The Morgan fingerprint density at radius 1 is 0.944 bits per heavy atom. The van der Waals surface area contributed by atoms with Crippen LogP contribution in [-0.4, -0.2) is 55.0 Å². The van der Waals surface area contributed by atoms with E-state index in [2.05, 4.69) is 6.92 Å². The van der Waals surface area contributed by atoms with E-state index in [1.54, 1.807) is 19.1 Å². The first kappa shape index (κ1) is 25.9. The van der Waals surface area contributed by atoms with Crippen molar-refractivity contribution in [1.29, 1.82) is 0 Å². The Labute approximate surface area is 214 Å². The largest absolute Gasteiger partial charge is 0.497 e. The molecule has 1 heterocycles. The molecule has 0 radical (unpaired) electrons. The molecule has 0 unspecified atom stereocenters. The monoisotopic (exact) mass is 494 g/mol. The molecule has 7 nitrogen and oxygen atoms in total. The van der Waals surface area contributed by atoms with E-state index in [4.69, 9.17) is 14.2 Å². The number of hydrogen-bond donors (Lipinski definition) is 0. The van der Waals surface area contributed by atoms with Crippen LogP contribution in [0.1, 0.15) is 63.1 Å². The standard InChI is InChI=1S/C29H38N2O5/c1-5-15-36-25-14-11-22(17-26(25)35-4)28-29(33)30(23-12-9-20(2)10-13-23)19-27(32)31(28)18-21-7-6-8-24(16-21)34-3/h6-8,11,14,16-17,20,23,28H,5,9-10,12-13,15,18-19H2,1-4H3/t20?,23?,28-/m0/s1. The zero-order chi connectivity index (χ0) is 25.7. The molecule has 194 valence electrons. The number of ether oxygens (including phenoxy) is 3. The maximum atomic E-state index is 14.1. The van der Waals surface area contributed by atoms with Gasteiger partial charge in [-0.3, -0.25) is 9.59 Å². The predicted octanol–water partition coefficient (Wildman–Crippen LogP) is 4.98. The number of carbonyl (C=O) groups excluding carboxylic acids is 2. The van der Waals surface area contributed by atoms with Crippen molar-refractivity contribution in [1.82, 2.24) is 9.80 Å². The lowest BCUT2D eigenvalue weighted by Crippen LogP contribution is -2.58. The molecule has 2 aliphatic rings. The number of hydrogen-bond acceptors (Lipinski definition) is 5. The molecule has 2 fully saturated rings. The third-order valence-electron chi connectivity index (χ3n) is 7.33. The van der Waals surface area contributed by atoms with Gasteiger partial charge in [-0.15, -0.1) is 0 Å². The van der Waals surface area contributed by atoms with E-state index < -0.39 is 6.04 Å². The van der Waals surface area contributed by atoms with Crippen LogP contribution < -0.4 is 14.2 Å². The molecule has 0 bridgehead atoms. The molecule has 2 aromatic carbocycles. The van der Waals surface area contributed by atoms with Crippen molar-refractivity contribution >= 4 is 11.8 Å². The van der Waals surface area contributed by atoms with E-state index in [-0.39, 0.29) is 24.4 Å². The molecule has 1 aliphatic carbocycles. The Bertz CT molecular complexity index is 1060. The second kappa shape index (κ2) is 11.7. The number of carbonyl (C=O) groups is 2. The average molecular weight is 495 g/mol. The minimum atomic E-state index is -0.731. The molecule has 4 rings (SSSR count). The Kier molecular flexibility index (Phi) is 8.39. The van der Waals surface area contributed by atoms with E-state index in [1.807, 2.05) is 54.3 Å². The maximum absolute atomic E-state index is 14.1. The first-order chi connectivity index (χ1) is 17.4. The summed E-state index contributed by atoms with van der Waals surface area (Å²) in [5.74, 6) is 2.50. The maximum Gasteiger partial charge on any atom is 0.250 e. The zero-order valence-electron chi connectivity index (χ0n) is 21.9. The van der Waals surface area contributed by atoms with Gasteiger partial charge in [0.15, 0.2) is 11.5 Å². The fraction of sp³-hybridized carbons (Fsp3) is 0.517.